The monoisotopic (exact) mass is 422 g/mol. The quantitative estimate of drug-likeness (QED) is 0.674. The topological polar surface area (TPSA) is 75.7 Å². The van der Waals surface area contributed by atoms with E-state index < -0.39 is 10.0 Å². The van der Waals surface area contributed by atoms with Gasteiger partial charge in [0.15, 0.2) is 0 Å². The van der Waals surface area contributed by atoms with Crippen LogP contribution in [0.5, 0.6) is 5.75 Å². The van der Waals surface area contributed by atoms with Crippen molar-refractivity contribution in [2.24, 2.45) is 0 Å². The molecule has 0 bridgehead atoms. The zero-order valence-corrected chi connectivity index (χ0v) is 17.6. The smallest absolute Gasteiger partial charge is 0.261 e. The second-order valence-corrected chi connectivity index (χ2v) is 8.83. The van der Waals surface area contributed by atoms with Gasteiger partial charge < -0.3 is 9.64 Å². The minimum absolute atomic E-state index is 0.118. The minimum Gasteiger partial charge on any atom is -0.497 e. The summed E-state index contributed by atoms with van der Waals surface area (Å²) < 4.78 is 33.3. The summed E-state index contributed by atoms with van der Waals surface area (Å²) in [6.07, 6.45) is 0.810. The van der Waals surface area contributed by atoms with E-state index in [1.54, 1.807) is 42.2 Å². The summed E-state index contributed by atoms with van der Waals surface area (Å²) in [6.45, 7) is 2.41. The predicted octanol–water partition coefficient (Wildman–Crippen LogP) is 4.01. The number of amides is 1. The molecule has 3 aromatic rings. The van der Waals surface area contributed by atoms with E-state index in [0.717, 1.165) is 23.2 Å². The average Bonchev–Trinajstić information content (AvgIpc) is 3.19. The Bertz CT molecular complexity index is 1200. The van der Waals surface area contributed by atoms with Gasteiger partial charge in [0.1, 0.15) is 5.75 Å². The van der Waals surface area contributed by atoms with Crippen molar-refractivity contribution in [1.82, 2.24) is 0 Å². The highest BCUT2D eigenvalue weighted by Crippen LogP contribution is 2.30. The number of ether oxygens (including phenoxy) is 1. The average molecular weight is 423 g/mol. The first-order chi connectivity index (χ1) is 14.4. The van der Waals surface area contributed by atoms with Gasteiger partial charge in [-0.05, 0) is 66.9 Å². The van der Waals surface area contributed by atoms with Crippen molar-refractivity contribution >= 4 is 27.3 Å². The number of benzene rings is 3. The Hall–Kier alpha value is -3.32. The standard InChI is InChI=1S/C23H22N2O4S/c1-16-7-8-18(23(26)25-14-13-17-5-3-4-6-22(17)25)15-21(16)24-30(27,28)20-11-9-19(29-2)10-12-20/h3-12,15,24H,13-14H2,1-2H3. The zero-order valence-electron chi connectivity index (χ0n) is 16.8. The van der Waals surface area contributed by atoms with Gasteiger partial charge >= 0.3 is 0 Å². The number of hydrogen-bond acceptors (Lipinski definition) is 4. The van der Waals surface area contributed by atoms with Gasteiger partial charge in [-0.15, -0.1) is 0 Å². The van der Waals surface area contributed by atoms with Gasteiger partial charge in [0, 0.05) is 17.8 Å². The summed E-state index contributed by atoms with van der Waals surface area (Å²) in [7, 11) is -2.28. The van der Waals surface area contributed by atoms with Crippen molar-refractivity contribution in [1.29, 1.82) is 0 Å². The largest absolute Gasteiger partial charge is 0.497 e. The Kier molecular flexibility index (Phi) is 5.22. The van der Waals surface area contributed by atoms with Crippen molar-refractivity contribution < 1.29 is 17.9 Å². The number of anilines is 2. The third-order valence-electron chi connectivity index (χ3n) is 5.23. The van der Waals surface area contributed by atoms with Gasteiger partial charge in [-0.2, -0.15) is 0 Å². The van der Waals surface area contributed by atoms with Crippen LogP contribution in [0.25, 0.3) is 0 Å². The van der Waals surface area contributed by atoms with Crippen LogP contribution in [0.2, 0.25) is 0 Å². The maximum Gasteiger partial charge on any atom is 0.261 e. The first kappa shape index (κ1) is 20.0. The van der Waals surface area contributed by atoms with Crippen LogP contribution in [0, 0.1) is 6.92 Å². The molecule has 4 rings (SSSR count). The summed E-state index contributed by atoms with van der Waals surface area (Å²) >= 11 is 0. The van der Waals surface area contributed by atoms with Crippen LogP contribution in [0.3, 0.4) is 0 Å². The molecular weight excluding hydrogens is 400 g/mol. The molecule has 0 saturated carbocycles. The Morgan fingerprint density at radius 1 is 1.03 bits per heavy atom. The zero-order chi connectivity index (χ0) is 21.3. The second-order valence-electron chi connectivity index (χ2n) is 7.15. The number of hydrogen-bond donors (Lipinski definition) is 1. The number of rotatable bonds is 5. The van der Waals surface area contributed by atoms with Crippen LogP contribution >= 0.6 is 0 Å². The van der Waals surface area contributed by atoms with Crippen LogP contribution < -0.4 is 14.4 Å². The molecule has 1 N–H and O–H groups in total. The molecule has 1 aliphatic rings. The molecule has 3 aromatic carbocycles. The second kappa shape index (κ2) is 7.84. The number of nitrogens with one attached hydrogen (secondary N) is 1. The third-order valence-corrected chi connectivity index (χ3v) is 6.61. The normalized spacial score (nSPS) is 13.1. The highest BCUT2D eigenvalue weighted by molar-refractivity contribution is 7.92. The molecule has 0 atom stereocenters. The lowest BCUT2D eigenvalue weighted by Gasteiger charge is -2.19. The number of methoxy groups -OCH3 is 1. The van der Waals surface area contributed by atoms with Gasteiger partial charge in [0.2, 0.25) is 0 Å². The Labute approximate surface area is 176 Å². The van der Waals surface area contributed by atoms with Gasteiger partial charge in [-0.25, -0.2) is 8.42 Å². The number of nitrogens with zero attached hydrogens (tertiary/aromatic N) is 1. The fourth-order valence-corrected chi connectivity index (χ4v) is 4.65. The molecule has 0 aliphatic carbocycles. The molecular formula is C23H22N2O4S. The molecule has 0 unspecified atom stereocenters. The molecule has 1 amide bonds. The number of para-hydroxylation sites is 1. The minimum atomic E-state index is -3.80. The summed E-state index contributed by atoms with van der Waals surface area (Å²) in [4.78, 5) is 15.0. The van der Waals surface area contributed by atoms with Gasteiger partial charge in [0.05, 0.1) is 17.7 Å². The fraction of sp³-hybridized carbons (Fsp3) is 0.174. The van der Waals surface area contributed by atoms with Crippen LogP contribution in [0.1, 0.15) is 21.5 Å². The van der Waals surface area contributed by atoms with Gasteiger partial charge in [0.25, 0.3) is 15.9 Å². The Morgan fingerprint density at radius 3 is 2.50 bits per heavy atom. The van der Waals surface area contributed by atoms with Crippen LogP contribution in [-0.4, -0.2) is 28.0 Å². The highest BCUT2D eigenvalue weighted by Gasteiger charge is 2.26. The summed E-state index contributed by atoms with van der Waals surface area (Å²) in [5.41, 5.74) is 3.58. The molecule has 0 fully saturated rings. The number of carbonyl (C=O) groups excluding carboxylic acids is 1. The Morgan fingerprint density at radius 2 is 1.77 bits per heavy atom. The van der Waals surface area contributed by atoms with Crippen molar-refractivity contribution in [2.45, 2.75) is 18.2 Å². The first-order valence-corrected chi connectivity index (χ1v) is 11.0. The molecule has 0 spiro atoms. The first-order valence-electron chi connectivity index (χ1n) is 9.56. The van der Waals surface area contributed by atoms with Gasteiger partial charge in [-0.1, -0.05) is 24.3 Å². The third kappa shape index (κ3) is 3.76. The van der Waals surface area contributed by atoms with Crippen LogP contribution in [0.15, 0.2) is 71.6 Å². The lowest BCUT2D eigenvalue weighted by atomic mass is 10.1. The molecule has 1 aliphatic heterocycles. The Balaban J connectivity index is 1.61. The molecule has 0 saturated heterocycles. The van der Waals surface area contributed by atoms with E-state index in [9.17, 15) is 13.2 Å². The molecule has 0 radical (unpaired) electrons. The van der Waals surface area contributed by atoms with Crippen molar-refractivity contribution in [3.8, 4) is 5.75 Å². The lowest BCUT2D eigenvalue weighted by Crippen LogP contribution is -2.29. The van der Waals surface area contributed by atoms with Crippen molar-refractivity contribution in [2.75, 3.05) is 23.3 Å². The van der Waals surface area contributed by atoms with Crippen molar-refractivity contribution in [3.05, 3.63) is 83.4 Å². The number of sulfonamides is 1. The molecule has 154 valence electrons. The van der Waals surface area contributed by atoms with E-state index in [4.69, 9.17) is 4.74 Å². The summed E-state index contributed by atoms with van der Waals surface area (Å²) in [6, 6.07) is 19.0. The number of carbonyl (C=O) groups is 1. The predicted molar refractivity (Wildman–Crippen MR) is 117 cm³/mol. The van der Waals surface area contributed by atoms with Crippen molar-refractivity contribution in [3.63, 3.8) is 0 Å². The van der Waals surface area contributed by atoms with E-state index >= 15 is 0 Å². The van der Waals surface area contributed by atoms with E-state index in [-0.39, 0.29) is 10.8 Å². The molecule has 30 heavy (non-hydrogen) atoms. The van der Waals surface area contributed by atoms with Crippen LogP contribution in [0.4, 0.5) is 11.4 Å². The fourth-order valence-electron chi connectivity index (χ4n) is 3.53. The van der Waals surface area contributed by atoms with Gasteiger partial charge in [-0.3, -0.25) is 9.52 Å². The van der Waals surface area contributed by atoms with E-state index in [2.05, 4.69) is 4.72 Å². The van der Waals surface area contributed by atoms with E-state index in [1.807, 2.05) is 24.3 Å². The molecule has 6 nitrogen and oxygen atoms in total. The SMILES string of the molecule is COc1ccc(S(=O)(=O)Nc2cc(C(=O)N3CCc4ccccc43)ccc2C)cc1. The van der Waals surface area contributed by atoms with E-state index in [0.29, 0.717) is 23.5 Å². The van der Waals surface area contributed by atoms with E-state index in [1.165, 1.54) is 19.2 Å². The van der Waals surface area contributed by atoms with Crippen LogP contribution in [-0.2, 0) is 16.4 Å². The maximum absolute atomic E-state index is 13.1. The molecule has 0 aromatic heterocycles. The highest BCUT2D eigenvalue weighted by atomic mass is 32.2. The summed E-state index contributed by atoms with van der Waals surface area (Å²) in [5, 5.41) is 0. The molecule has 7 heteroatoms. The molecule has 1 heterocycles. The number of fused-ring (bicyclic) bond motifs is 1. The maximum atomic E-state index is 13.1. The lowest BCUT2D eigenvalue weighted by molar-refractivity contribution is 0.0989. The summed E-state index contributed by atoms with van der Waals surface area (Å²) in [5.74, 6) is 0.425. The number of aryl methyl sites for hydroxylation is 1.